The van der Waals surface area contributed by atoms with Gasteiger partial charge >= 0.3 is 23.9 Å². The van der Waals surface area contributed by atoms with Gasteiger partial charge in [-0.2, -0.15) is 0 Å². The Balaban J connectivity index is 1.48. The predicted molar refractivity (Wildman–Crippen MR) is 153 cm³/mol. The first-order valence-corrected chi connectivity index (χ1v) is 13.5. The molecular weight excluding hydrogens is 552 g/mol. The van der Waals surface area contributed by atoms with Gasteiger partial charge in [0, 0.05) is 0 Å². The average molecular weight is 581 g/mol. The molecule has 43 heavy (non-hydrogen) atoms. The molecule has 5 rings (SSSR count). The summed E-state index contributed by atoms with van der Waals surface area (Å²) in [6.07, 6.45) is -4.07. The Morgan fingerprint density at radius 3 is 1.44 bits per heavy atom. The minimum atomic E-state index is -1.86. The maximum Gasteiger partial charge on any atom is 0.340 e. The van der Waals surface area contributed by atoms with E-state index in [9.17, 15) is 19.2 Å². The smallest absolute Gasteiger partial charge is 0.340 e. The number of ether oxygens (including phenoxy) is 5. The van der Waals surface area contributed by atoms with Crippen LogP contribution in [-0.4, -0.2) is 54.6 Å². The third-order valence-corrected chi connectivity index (χ3v) is 6.85. The van der Waals surface area contributed by atoms with Crippen LogP contribution in [0.5, 0.6) is 0 Å². The molecule has 4 aromatic carbocycles. The van der Waals surface area contributed by atoms with Crippen molar-refractivity contribution in [3.8, 4) is 0 Å². The van der Waals surface area contributed by atoms with Crippen molar-refractivity contribution in [3.63, 3.8) is 0 Å². The van der Waals surface area contributed by atoms with E-state index in [0.717, 1.165) is 0 Å². The highest BCUT2D eigenvalue weighted by Gasteiger charge is 2.61. The van der Waals surface area contributed by atoms with Gasteiger partial charge in [-0.15, -0.1) is 0 Å². The molecule has 1 heterocycles. The van der Waals surface area contributed by atoms with Crippen LogP contribution in [0.1, 0.15) is 48.4 Å². The molecule has 1 fully saturated rings. The van der Waals surface area contributed by atoms with Crippen molar-refractivity contribution in [1.29, 1.82) is 0 Å². The fourth-order valence-corrected chi connectivity index (χ4v) is 4.58. The predicted octanol–water partition coefficient (Wildman–Crippen LogP) is 5.27. The normalized spacial score (nSPS) is 20.9. The lowest BCUT2D eigenvalue weighted by Crippen LogP contribution is -2.53. The van der Waals surface area contributed by atoms with Gasteiger partial charge in [-0.05, 0) is 55.5 Å². The Morgan fingerprint density at radius 1 is 0.581 bits per heavy atom. The lowest BCUT2D eigenvalue weighted by Gasteiger charge is -2.33. The van der Waals surface area contributed by atoms with Crippen molar-refractivity contribution in [1.82, 2.24) is 0 Å². The van der Waals surface area contributed by atoms with Gasteiger partial charge in [-0.3, -0.25) is 0 Å². The standard InChI is InChI=1S/C34H28O9/c1-34(43-32(38)26-20-12-5-13-21-26)28(41-30(36)24-16-8-3-9-17-24)27(22-39-29(35)23-14-6-2-7-15-23)40-33(34)42-31(37)25-18-10-4-11-19-25/h2-21,27-28,33H,22H2,1H3/t27-,28+,33?,34?/m1/s1. The van der Waals surface area contributed by atoms with Crippen LogP contribution >= 0.6 is 0 Å². The van der Waals surface area contributed by atoms with Crippen LogP contribution in [0.2, 0.25) is 0 Å². The molecule has 9 heteroatoms. The minimum Gasteiger partial charge on any atom is -0.459 e. The van der Waals surface area contributed by atoms with Gasteiger partial charge in [0.05, 0.1) is 22.3 Å². The van der Waals surface area contributed by atoms with E-state index in [4.69, 9.17) is 23.7 Å². The maximum atomic E-state index is 13.3. The van der Waals surface area contributed by atoms with Crippen LogP contribution in [0.3, 0.4) is 0 Å². The number of hydrogen-bond donors (Lipinski definition) is 0. The van der Waals surface area contributed by atoms with Crippen molar-refractivity contribution in [2.45, 2.75) is 31.0 Å². The number of carbonyl (C=O) groups is 4. The molecule has 2 unspecified atom stereocenters. The molecule has 4 aromatic rings. The molecule has 0 aliphatic carbocycles. The molecule has 1 aliphatic heterocycles. The molecule has 0 spiro atoms. The first-order valence-electron chi connectivity index (χ1n) is 13.5. The third-order valence-electron chi connectivity index (χ3n) is 6.85. The monoisotopic (exact) mass is 580 g/mol. The van der Waals surface area contributed by atoms with Crippen molar-refractivity contribution in [3.05, 3.63) is 144 Å². The molecule has 0 amide bonds. The summed E-state index contributed by atoms with van der Waals surface area (Å²) >= 11 is 0. The zero-order valence-corrected chi connectivity index (χ0v) is 23.2. The number of carbonyl (C=O) groups excluding carboxylic acids is 4. The van der Waals surface area contributed by atoms with Gasteiger partial charge in [-0.25, -0.2) is 19.2 Å². The van der Waals surface area contributed by atoms with Gasteiger partial charge < -0.3 is 23.7 Å². The van der Waals surface area contributed by atoms with E-state index in [1.54, 1.807) is 121 Å². The summed E-state index contributed by atoms with van der Waals surface area (Å²) < 4.78 is 29.1. The van der Waals surface area contributed by atoms with Gasteiger partial charge in [0.25, 0.3) is 0 Å². The van der Waals surface area contributed by atoms with Crippen molar-refractivity contribution >= 4 is 23.9 Å². The lowest BCUT2D eigenvalue weighted by atomic mass is 9.96. The highest BCUT2D eigenvalue weighted by Crippen LogP contribution is 2.39. The van der Waals surface area contributed by atoms with Crippen LogP contribution < -0.4 is 0 Å². The second-order valence-electron chi connectivity index (χ2n) is 9.87. The number of benzene rings is 4. The molecule has 1 aliphatic rings. The Labute approximate surface area is 247 Å². The van der Waals surface area contributed by atoms with E-state index in [-0.39, 0.29) is 16.7 Å². The van der Waals surface area contributed by atoms with Crippen molar-refractivity contribution in [2.24, 2.45) is 0 Å². The summed E-state index contributed by atoms with van der Waals surface area (Å²) in [7, 11) is 0. The molecule has 1 saturated heterocycles. The maximum absolute atomic E-state index is 13.3. The van der Waals surface area contributed by atoms with E-state index in [0.29, 0.717) is 5.56 Å². The van der Waals surface area contributed by atoms with Gasteiger partial charge in [0.15, 0.2) is 6.10 Å². The van der Waals surface area contributed by atoms with Crippen molar-refractivity contribution < 1.29 is 42.9 Å². The van der Waals surface area contributed by atoms with E-state index in [2.05, 4.69) is 0 Å². The molecule has 0 saturated carbocycles. The van der Waals surface area contributed by atoms with Crippen LogP contribution in [0, 0.1) is 0 Å². The van der Waals surface area contributed by atoms with E-state index in [1.165, 1.54) is 6.92 Å². The number of hydrogen-bond acceptors (Lipinski definition) is 9. The van der Waals surface area contributed by atoms with E-state index >= 15 is 0 Å². The summed E-state index contributed by atoms with van der Waals surface area (Å²) in [5, 5.41) is 0. The molecule has 4 atom stereocenters. The average Bonchev–Trinajstić information content (AvgIpc) is 3.30. The second-order valence-corrected chi connectivity index (χ2v) is 9.87. The first kappa shape index (κ1) is 29.2. The van der Waals surface area contributed by atoms with Crippen LogP contribution in [-0.2, 0) is 23.7 Å². The Bertz CT molecular complexity index is 1560. The minimum absolute atomic E-state index is 0.212. The Hall–Kier alpha value is -5.28. The summed E-state index contributed by atoms with van der Waals surface area (Å²) in [6.45, 7) is 1.04. The van der Waals surface area contributed by atoms with Crippen LogP contribution in [0.25, 0.3) is 0 Å². The molecule has 218 valence electrons. The highest BCUT2D eigenvalue weighted by molar-refractivity contribution is 5.91. The SMILES string of the molecule is CC1(OC(=O)c2ccccc2)C(OC(=O)c2ccccc2)O[C@H](COC(=O)c2ccccc2)[C@@H]1OC(=O)c1ccccc1. The summed E-state index contributed by atoms with van der Waals surface area (Å²) in [5.41, 5.74) is -0.901. The molecule has 0 bridgehead atoms. The van der Waals surface area contributed by atoms with Crippen molar-refractivity contribution in [2.75, 3.05) is 6.61 Å². The van der Waals surface area contributed by atoms with Crippen LogP contribution in [0.15, 0.2) is 121 Å². The number of esters is 4. The van der Waals surface area contributed by atoms with E-state index < -0.39 is 54.6 Å². The zero-order valence-electron chi connectivity index (χ0n) is 23.2. The van der Waals surface area contributed by atoms with Gasteiger partial charge in [0.2, 0.25) is 11.9 Å². The first-order chi connectivity index (χ1) is 20.8. The summed E-state index contributed by atoms with van der Waals surface area (Å²) in [6, 6.07) is 32.8. The largest absolute Gasteiger partial charge is 0.459 e. The second kappa shape index (κ2) is 13.1. The topological polar surface area (TPSA) is 114 Å². The van der Waals surface area contributed by atoms with Gasteiger partial charge in [0.1, 0.15) is 12.7 Å². The summed E-state index contributed by atoms with van der Waals surface area (Å²) in [4.78, 5) is 52.5. The van der Waals surface area contributed by atoms with Crippen LogP contribution in [0.4, 0.5) is 0 Å². The third kappa shape index (κ3) is 6.79. The fraction of sp³-hybridized carbons (Fsp3) is 0.176. The zero-order chi connectivity index (χ0) is 30.2. The molecule has 0 radical (unpaired) electrons. The number of rotatable bonds is 9. The highest BCUT2D eigenvalue weighted by atomic mass is 16.8. The fourth-order valence-electron chi connectivity index (χ4n) is 4.58. The quantitative estimate of drug-likeness (QED) is 0.193. The molecule has 0 aromatic heterocycles. The Kier molecular flexibility index (Phi) is 8.93. The van der Waals surface area contributed by atoms with E-state index in [1.807, 2.05) is 0 Å². The molecular formula is C34H28O9. The van der Waals surface area contributed by atoms with Gasteiger partial charge in [-0.1, -0.05) is 72.8 Å². The molecule has 9 nitrogen and oxygen atoms in total. The Morgan fingerprint density at radius 2 is 0.977 bits per heavy atom. The summed E-state index contributed by atoms with van der Waals surface area (Å²) in [5.74, 6) is -2.92. The molecule has 0 N–H and O–H groups in total. The lowest BCUT2D eigenvalue weighted by molar-refractivity contribution is -0.175.